The van der Waals surface area contributed by atoms with Gasteiger partial charge in [-0.3, -0.25) is 4.79 Å². The quantitative estimate of drug-likeness (QED) is 0.813. The summed E-state index contributed by atoms with van der Waals surface area (Å²) in [4.78, 5) is 10.6. The molecule has 0 spiro atoms. The van der Waals surface area contributed by atoms with Crippen LogP contribution in [0.2, 0.25) is 0 Å². The standard InChI is InChI=1S/C11H16NO3P.ClH/c1-16(2,15)9-5-3-8(4-6-9)7-10(12)11(13)14;/h3-6,10H,7,12H2,1-2H3,(H,13,14);1H. The summed E-state index contributed by atoms with van der Waals surface area (Å²) in [6.07, 6.45) is 0.285. The fourth-order valence-corrected chi connectivity index (χ4v) is 2.20. The molecule has 1 unspecified atom stereocenters. The molecule has 0 heterocycles. The van der Waals surface area contributed by atoms with Crippen LogP contribution >= 0.6 is 19.5 Å². The van der Waals surface area contributed by atoms with Gasteiger partial charge in [-0.25, -0.2) is 0 Å². The minimum Gasteiger partial charge on any atom is -0.480 e. The van der Waals surface area contributed by atoms with Crippen molar-refractivity contribution in [3.05, 3.63) is 29.8 Å². The highest BCUT2D eigenvalue weighted by Crippen LogP contribution is 2.34. The molecule has 0 saturated carbocycles. The topological polar surface area (TPSA) is 80.4 Å². The van der Waals surface area contributed by atoms with Crippen LogP contribution in [0.3, 0.4) is 0 Å². The maximum absolute atomic E-state index is 11.7. The molecule has 0 fully saturated rings. The number of aliphatic carboxylic acids is 1. The van der Waals surface area contributed by atoms with E-state index in [4.69, 9.17) is 10.8 Å². The fourth-order valence-electron chi connectivity index (χ4n) is 1.33. The van der Waals surface area contributed by atoms with Gasteiger partial charge in [0.05, 0.1) is 0 Å². The number of rotatable bonds is 4. The second kappa shape index (κ2) is 6.20. The highest BCUT2D eigenvalue weighted by molar-refractivity contribution is 7.70. The van der Waals surface area contributed by atoms with Gasteiger partial charge in [0.2, 0.25) is 0 Å². The molecular formula is C11H17ClNO3P. The van der Waals surface area contributed by atoms with Gasteiger partial charge in [-0.15, -0.1) is 12.4 Å². The molecule has 1 aromatic carbocycles. The molecule has 0 aliphatic rings. The maximum Gasteiger partial charge on any atom is 0.320 e. The van der Waals surface area contributed by atoms with Gasteiger partial charge >= 0.3 is 5.97 Å². The van der Waals surface area contributed by atoms with Crippen LogP contribution in [-0.4, -0.2) is 30.4 Å². The number of carboxylic acids is 1. The van der Waals surface area contributed by atoms with Crippen molar-refractivity contribution < 1.29 is 14.5 Å². The predicted octanol–water partition coefficient (Wildman–Crippen LogP) is 1.31. The molecule has 0 aromatic heterocycles. The second-order valence-corrected chi connectivity index (χ2v) is 7.38. The van der Waals surface area contributed by atoms with Crippen LogP contribution in [0.5, 0.6) is 0 Å². The van der Waals surface area contributed by atoms with E-state index in [2.05, 4.69) is 0 Å². The van der Waals surface area contributed by atoms with Crippen molar-refractivity contribution in [3.63, 3.8) is 0 Å². The lowest BCUT2D eigenvalue weighted by Crippen LogP contribution is -2.32. The van der Waals surface area contributed by atoms with Crippen LogP contribution < -0.4 is 11.0 Å². The van der Waals surface area contributed by atoms with Gasteiger partial charge in [0, 0.05) is 5.30 Å². The van der Waals surface area contributed by atoms with E-state index in [0.717, 1.165) is 10.9 Å². The Labute approximate surface area is 107 Å². The first kappa shape index (κ1) is 16.2. The second-order valence-electron chi connectivity index (χ2n) is 4.17. The van der Waals surface area contributed by atoms with Crippen molar-refractivity contribution in [1.82, 2.24) is 0 Å². The molecule has 17 heavy (non-hydrogen) atoms. The lowest BCUT2D eigenvalue weighted by molar-refractivity contribution is -0.138. The number of hydrogen-bond acceptors (Lipinski definition) is 3. The zero-order valence-electron chi connectivity index (χ0n) is 9.79. The van der Waals surface area contributed by atoms with E-state index < -0.39 is 19.2 Å². The van der Waals surface area contributed by atoms with Crippen LogP contribution in [0.4, 0.5) is 0 Å². The van der Waals surface area contributed by atoms with Gasteiger partial charge in [-0.1, -0.05) is 24.3 Å². The van der Waals surface area contributed by atoms with Gasteiger partial charge in [0.1, 0.15) is 13.2 Å². The molecule has 0 saturated heterocycles. The molecule has 0 amide bonds. The summed E-state index contributed by atoms with van der Waals surface area (Å²) < 4.78 is 11.7. The molecule has 4 nitrogen and oxygen atoms in total. The van der Waals surface area contributed by atoms with Gasteiger partial charge < -0.3 is 15.4 Å². The molecule has 1 rings (SSSR count). The van der Waals surface area contributed by atoms with E-state index in [9.17, 15) is 9.36 Å². The average molecular weight is 278 g/mol. The summed E-state index contributed by atoms with van der Waals surface area (Å²) in [7, 11) is -2.24. The zero-order valence-corrected chi connectivity index (χ0v) is 11.5. The number of nitrogens with two attached hydrogens (primary N) is 1. The van der Waals surface area contributed by atoms with E-state index in [0.29, 0.717) is 0 Å². The van der Waals surface area contributed by atoms with Crippen LogP contribution in [-0.2, 0) is 15.8 Å². The van der Waals surface area contributed by atoms with Crippen molar-refractivity contribution in [3.8, 4) is 0 Å². The average Bonchev–Trinajstić information content (AvgIpc) is 2.17. The Morgan fingerprint density at radius 2 is 1.82 bits per heavy atom. The lowest BCUT2D eigenvalue weighted by Gasteiger charge is -2.09. The number of carboxylic acid groups (broad SMARTS) is 1. The Kier molecular flexibility index (Phi) is 5.89. The molecule has 96 valence electrons. The smallest absolute Gasteiger partial charge is 0.320 e. The van der Waals surface area contributed by atoms with E-state index in [-0.39, 0.29) is 18.8 Å². The van der Waals surface area contributed by atoms with E-state index >= 15 is 0 Å². The minimum absolute atomic E-state index is 0. The third-order valence-electron chi connectivity index (χ3n) is 2.33. The Hall–Kier alpha value is -0.830. The summed E-state index contributed by atoms with van der Waals surface area (Å²) in [6.45, 7) is 3.40. The Morgan fingerprint density at radius 1 is 1.35 bits per heavy atom. The zero-order chi connectivity index (χ0) is 12.3. The maximum atomic E-state index is 11.7. The highest BCUT2D eigenvalue weighted by Gasteiger charge is 2.13. The van der Waals surface area contributed by atoms with Crippen molar-refractivity contribution in [2.75, 3.05) is 13.3 Å². The minimum atomic E-state index is -2.24. The van der Waals surface area contributed by atoms with Gasteiger partial charge in [0.15, 0.2) is 0 Å². The number of carbonyl (C=O) groups is 1. The van der Waals surface area contributed by atoms with Crippen molar-refractivity contribution in [2.24, 2.45) is 5.73 Å². The fraction of sp³-hybridized carbons (Fsp3) is 0.364. The number of hydrogen-bond donors (Lipinski definition) is 2. The molecule has 0 aliphatic carbocycles. The highest BCUT2D eigenvalue weighted by atomic mass is 35.5. The normalized spacial score (nSPS) is 12.6. The van der Waals surface area contributed by atoms with E-state index in [1.807, 2.05) is 0 Å². The molecule has 0 radical (unpaired) electrons. The molecular weight excluding hydrogens is 261 g/mol. The van der Waals surface area contributed by atoms with Gasteiger partial charge in [-0.2, -0.15) is 0 Å². The molecule has 1 aromatic rings. The predicted molar refractivity (Wildman–Crippen MR) is 72.1 cm³/mol. The summed E-state index contributed by atoms with van der Waals surface area (Å²) in [5.74, 6) is -1.01. The molecule has 0 aliphatic heterocycles. The summed E-state index contributed by atoms with van der Waals surface area (Å²) in [6, 6.07) is 6.20. The summed E-state index contributed by atoms with van der Waals surface area (Å²) in [5.41, 5.74) is 6.26. The van der Waals surface area contributed by atoms with Crippen LogP contribution in [0.1, 0.15) is 5.56 Å². The number of benzene rings is 1. The van der Waals surface area contributed by atoms with E-state index in [1.54, 1.807) is 37.6 Å². The molecule has 6 heteroatoms. The van der Waals surface area contributed by atoms with E-state index in [1.165, 1.54) is 0 Å². The third-order valence-corrected chi connectivity index (χ3v) is 3.87. The first-order valence-corrected chi connectivity index (χ1v) is 7.53. The number of halogens is 1. The van der Waals surface area contributed by atoms with Crippen LogP contribution in [0.25, 0.3) is 0 Å². The van der Waals surface area contributed by atoms with Crippen LogP contribution in [0, 0.1) is 0 Å². The molecule has 3 N–H and O–H groups in total. The monoisotopic (exact) mass is 277 g/mol. The Bertz CT molecular complexity index is 427. The largest absolute Gasteiger partial charge is 0.480 e. The summed E-state index contributed by atoms with van der Waals surface area (Å²) >= 11 is 0. The third kappa shape index (κ3) is 4.90. The Morgan fingerprint density at radius 3 is 2.18 bits per heavy atom. The van der Waals surface area contributed by atoms with Crippen molar-refractivity contribution in [2.45, 2.75) is 12.5 Å². The van der Waals surface area contributed by atoms with Crippen LogP contribution in [0.15, 0.2) is 24.3 Å². The first-order chi connectivity index (χ1) is 7.30. The first-order valence-electron chi connectivity index (χ1n) is 4.93. The summed E-state index contributed by atoms with van der Waals surface area (Å²) in [5, 5.41) is 9.45. The lowest BCUT2D eigenvalue weighted by atomic mass is 10.1. The molecule has 0 bridgehead atoms. The van der Waals surface area contributed by atoms with Crippen molar-refractivity contribution >= 4 is 30.8 Å². The van der Waals surface area contributed by atoms with Gasteiger partial charge in [0.25, 0.3) is 0 Å². The SMILES string of the molecule is CP(C)(=O)c1ccc(CC(N)C(=O)O)cc1.Cl. The molecule has 1 atom stereocenters. The van der Waals surface area contributed by atoms with Gasteiger partial charge in [-0.05, 0) is 25.3 Å². The Balaban J connectivity index is 0.00000256. The van der Waals surface area contributed by atoms with Crippen molar-refractivity contribution in [1.29, 1.82) is 0 Å².